The standard InChI is InChI=1S/C17H14N4O2S3/c1-21-16(23)15-12(6-8-25-15)20-17(21)26-10-14(22)19-11-4-2-3-5-13(11)24-9-7-18/h2-6,8H,9-10H2,1H3,(H,19,22). The molecular weight excluding hydrogens is 388 g/mol. The number of benzene rings is 1. The quantitative estimate of drug-likeness (QED) is 0.503. The Labute approximate surface area is 162 Å². The summed E-state index contributed by atoms with van der Waals surface area (Å²) in [6.45, 7) is 0. The van der Waals surface area contributed by atoms with Crippen LogP contribution in [0, 0.1) is 11.3 Å². The number of hydrogen-bond donors (Lipinski definition) is 1. The van der Waals surface area contributed by atoms with E-state index < -0.39 is 0 Å². The number of aromatic nitrogens is 2. The van der Waals surface area contributed by atoms with E-state index in [1.54, 1.807) is 19.2 Å². The number of rotatable bonds is 6. The molecule has 1 aromatic carbocycles. The molecule has 0 aliphatic carbocycles. The molecule has 132 valence electrons. The molecule has 6 nitrogen and oxygen atoms in total. The van der Waals surface area contributed by atoms with Gasteiger partial charge in [0.15, 0.2) is 5.16 Å². The van der Waals surface area contributed by atoms with Crippen LogP contribution in [0.4, 0.5) is 5.69 Å². The van der Waals surface area contributed by atoms with Crippen LogP contribution in [0.3, 0.4) is 0 Å². The number of nitrogens with one attached hydrogen (secondary N) is 1. The lowest BCUT2D eigenvalue weighted by atomic mass is 10.3. The molecular formula is C17H14N4O2S3. The number of thioether (sulfide) groups is 2. The third-order valence-corrected chi connectivity index (χ3v) is 6.29. The molecule has 0 bridgehead atoms. The molecule has 0 fully saturated rings. The number of fused-ring (bicyclic) bond motifs is 1. The molecule has 0 saturated heterocycles. The predicted molar refractivity (Wildman–Crippen MR) is 107 cm³/mol. The summed E-state index contributed by atoms with van der Waals surface area (Å²) >= 11 is 3.95. The number of anilines is 1. The SMILES string of the molecule is Cn1c(SCC(=O)Nc2ccccc2SCC#N)nc2ccsc2c1=O. The van der Waals surface area contributed by atoms with Crippen LogP contribution in [0.25, 0.3) is 10.2 Å². The highest BCUT2D eigenvalue weighted by Crippen LogP contribution is 2.27. The fourth-order valence-electron chi connectivity index (χ4n) is 2.22. The molecule has 3 aromatic rings. The third-order valence-electron chi connectivity index (χ3n) is 3.43. The van der Waals surface area contributed by atoms with Crippen LogP contribution in [-0.2, 0) is 11.8 Å². The minimum Gasteiger partial charge on any atom is -0.324 e. The van der Waals surface area contributed by atoms with Crippen LogP contribution >= 0.6 is 34.9 Å². The van der Waals surface area contributed by atoms with E-state index in [1.807, 2.05) is 23.6 Å². The van der Waals surface area contributed by atoms with Gasteiger partial charge in [-0.05, 0) is 23.6 Å². The molecule has 0 aliphatic heterocycles. The van der Waals surface area contributed by atoms with Crippen molar-refractivity contribution in [2.75, 3.05) is 16.8 Å². The Kier molecular flexibility index (Phi) is 5.98. The van der Waals surface area contributed by atoms with Gasteiger partial charge in [0.25, 0.3) is 5.56 Å². The minimum atomic E-state index is -0.195. The fourth-order valence-corrected chi connectivity index (χ4v) is 4.47. The summed E-state index contributed by atoms with van der Waals surface area (Å²) in [5.41, 5.74) is 1.22. The van der Waals surface area contributed by atoms with Gasteiger partial charge in [-0.3, -0.25) is 14.2 Å². The van der Waals surface area contributed by atoms with E-state index in [-0.39, 0.29) is 17.2 Å². The molecule has 0 saturated carbocycles. The van der Waals surface area contributed by atoms with Crippen molar-refractivity contribution >= 4 is 56.7 Å². The molecule has 0 aliphatic rings. The summed E-state index contributed by atoms with van der Waals surface area (Å²) < 4.78 is 2.08. The lowest BCUT2D eigenvalue weighted by Gasteiger charge is -2.10. The second kappa shape index (κ2) is 8.40. The predicted octanol–water partition coefficient (Wildman–Crippen LogP) is 3.34. The average molecular weight is 403 g/mol. The van der Waals surface area contributed by atoms with Crippen molar-refractivity contribution in [3.05, 3.63) is 46.1 Å². The average Bonchev–Trinajstić information content (AvgIpc) is 3.11. The van der Waals surface area contributed by atoms with Gasteiger partial charge in [0.05, 0.1) is 28.8 Å². The highest BCUT2D eigenvalue weighted by molar-refractivity contribution is 8.00. The zero-order chi connectivity index (χ0) is 18.5. The Morgan fingerprint density at radius 3 is 2.96 bits per heavy atom. The van der Waals surface area contributed by atoms with Gasteiger partial charge in [-0.1, -0.05) is 23.9 Å². The van der Waals surface area contributed by atoms with Gasteiger partial charge >= 0.3 is 0 Å². The third kappa shape index (κ3) is 4.09. The lowest BCUT2D eigenvalue weighted by molar-refractivity contribution is -0.113. The lowest BCUT2D eigenvalue weighted by Crippen LogP contribution is -2.20. The highest BCUT2D eigenvalue weighted by Gasteiger charge is 2.12. The summed E-state index contributed by atoms with van der Waals surface area (Å²) in [6.07, 6.45) is 0. The van der Waals surface area contributed by atoms with Crippen LogP contribution in [-0.4, -0.2) is 27.0 Å². The van der Waals surface area contributed by atoms with E-state index in [4.69, 9.17) is 5.26 Å². The van der Waals surface area contributed by atoms with Crippen molar-refractivity contribution in [2.24, 2.45) is 7.05 Å². The van der Waals surface area contributed by atoms with Crippen molar-refractivity contribution in [2.45, 2.75) is 10.1 Å². The fraction of sp³-hybridized carbons (Fsp3) is 0.176. The van der Waals surface area contributed by atoms with E-state index in [0.717, 1.165) is 4.90 Å². The molecule has 0 radical (unpaired) electrons. The smallest absolute Gasteiger partial charge is 0.271 e. The first kappa shape index (κ1) is 18.5. The van der Waals surface area contributed by atoms with Crippen LogP contribution < -0.4 is 10.9 Å². The monoisotopic (exact) mass is 402 g/mol. The number of carbonyl (C=O) groups excluding carboxylic acids is 1. The maximum absolute atomic E-state index is 12.3. The molecule has 2 heterocycles. The molecule has 9 heteroatoms. The Morgan fingerprint density at radius 1 is 1.35 bits per heavy atom. The molecule has 26 heavy (non-hydrogen) atoms. The van der Waals surface area contributed by atoms with E-state index in [2.05, 4.69) is 16.4 Å². The number of nitrogens with zero attached hydrogens (tertiary/aromatic N) is 3. The van der Waals surface area contributed by atoms with Gasteiger partial charge in [-0.25, -0.2) is 4.98 Å². The second-order valence-corrected chi connectivity index (χ2v) is 8.05. The normalized spacial score (nSPS) is 10.6. The zero-order valence-electron chi connectivity index (χ0n) is 13.8. The maximum Gasteiger partial charge on any atom is 0.271 e. The van der Waals surface area contributed by atoms with Gasteiger partial charge < -0.3 is 5.32 Å². The van der Waals surface area contributed by atoms with Crippen LogP contribution in [0.2, 0.25) is 0 Å². The zero-order valence-corrected chi connectivity index (χ0v) is 16.2. The Morgan fingerprint density at radius 2 is 2.15 bits per heavy atom. The van der Waals surface area contributed by atoms with Gasteiger partial charge in [-0.2, -0.15) is 5.26 Å². The van der Waals surface area contributed by atoms with E-state index in [1.165, 1.54) is 39.4 Å². The molecule has 3 rings (SSSR count). The van der Waals surface area contributed by atoms with Crippen molar-refractivity contribution in [3.63, 3.8) is 0 Å². The largest absolute Gasteiger partial charge is 0.324 e. The Bertz CT molecular complexity index is 1050. The Hall–Kier alpha value is -2.28. The van der Waals surface area contributed by atoms with Crippen molar-refractivity contribution in [1.82, 2.24) is 9.55 Å². The van der Waals surface area contributed by atoms with Gasteiger partial charge in [0.1, 0.15) is 4.70 Å². The van der Waals surface area contributed by atoms with Gasteiger partial charge in [-0.15, -0.1) is 23.1 Å². The number of para-hydroxylation sites is 1. The van der Waals surface area contributed by atoms with Crippen LogP contribution in [0.5, 0.6) is 0 Å². The maximum atomic E-state index is 12.3. The van der Waals surface area contributed by atoms with E-state index in [0.29, 0.717) is 26.8 Å². The van der Waals surface area contributed by atoms with Gasteiger partial charge in [0, 0.05) is 11.9 Å². The van der Waals surface area contributed by atoms with Gasteiger partial charge in [0.2, 0.25) is 5.91 Å². The summed E-state index contributed by atoms with van der Waals surface area (Å²) in [6, 6.07) is 11.2. The molecule has 0 spiro atoms. The van der Waals surface area contributed by atoms with E-state index >= 15 is 0 Å². The number of amides is 1. The summed E-state index contributed by atoms with van der Waals surface area (Å²) in [7, 11) is 1.66. The summed E-state index contributed by atoms with van der Waals surface area (Å²) in [4.78, 5) is 29.9. The molecule has 2 aromatic heterocycles. The summed E-state index contributed by atoms with van der Waals surface area (Å²) in [5.74, 6) is 0.251. The number of thiophene rings is 1. The number of nitriles is 1. The van der Waals surface area contributed by atoms with Crippen molar-refractivity contribution in [1.29, 1.82) is 5.26 Å². The van der Waals surface area contributed by atoms with E-state index in [9.17, 15) is 9.59 Å². The molecule has 1 amide bonds. The molecule has 1 N–H and O–H groups in total. The summed E-state index contributed by atoms with van der Waals surface area (Å²) in [5, 5.41) is 13.9. The van der Waals surface area contributed by atoms with Crippen molar-refractivity contribution < 1.29 is 4.79 Å². The second-order valence-electron chi connectivity index (χ2n) is 5.17. The molecule has 0 unspecified atom stereocenters. The number of hydrogen-bond acceptors (Lipinski definition) is 7. The Balaban J connectivity index is 1.70. The topological polar surface area (TPSA) is 87.8 Å². The highest BCUT2D eigenvalue weighted by atomic mass is 32.2. The van der Waals surface area contributed by atoms with Crippen molar-refractivity contribution in [3.8, 4) is 6.07 Å². The first-order chi connectivity index (χ1) is 12.6. The first-order valence-electron chi connectivity index (χ1n) is 7.56. The van der Waals surface area contributed by atoms with Crippen LogP contribution in [0.1, 0.15) is 0 Å². The number of carbonyl (C=O) groups is 1. The van der Waals surface area contributed by atoms with Crippen LogP contribution in [0.15, 0.2) is 50.6 Å². The first-order valence-corrected chi connectivity index (χ1v) is 10.4. The minimum absolute atomic E-state index is 0.105. The molecule has 0 atom stereocenters.